The highest BCUT2D eigenvalue weighted by molar-refractivity contribution is 6.37. The van der Waals surface area contributed by atoms with Gasteiger partial charge in [0.2, 0.25) is 0 Å². The second-order valence-corrected chi connectivity index (χ2v) is 4.54. The minimum atomic E-state index is 0.640. The van der Waals surface area contributed by atoms with E-state index in [1.54, 1.807) is 0 Å². The first-order chi connectivity index (χ1) is 8.65. The number of anilines is 1. The maximum Gasteiger partial charge on any atom is 0.195 e. The minimum Gasteiger partial charge on any atom is -0.387 e. The van der Waals surface area contributed by atoms with Crippen LogP contribution >= 0.6 is 0 Å². The lowest BCUT2D eigenvalue weighted by molar-refractivity contribution is 0.959. The van der Waals surface area contributed by atoms with Crippen LogP contribution in [0.2, 0.25) is 0 Å². The monoisotopic (exact) mass is 239 g/mol. The fraction of sp³-hybridized carbons (Fsp3) is 0.333. The summed E-state index contributed by atoms with van der Waals surface area (Å²) in [4.78, 5) is 8.67. The predicted octanol–water partition coefficient (Wildman–Crippen LogP) is -0.295. The maximum absolute atomic E-state index is 6.08. The van der Waals surface area contributed by atoms with Gasteiger partial charge in [-0.3, -0.25) is 4.99 Å². The number of nitrogens with zero attached hydrogens (tertiary/aromatic N) is 2. The van der Waals surface area contributed by atoms with Gasteiger partial charge in [0.05, 0.1) is 12.2 Å². The molecule has 2 aliphatic heterocycles. The summed E-state index contributed by atoms with van der Waals surface area (Å²) in [6.07, 6.45) is 0.680. The molecular formula is C12H14BN5. The Morgan fingerprint density at radius 3 is 3.06 bits per heavy atom. The van der Waals surface area contributed by atoms with E-state index in [0.29, 0.717) is 17.7 Å². The van der Waals surface area contributed by atoms with Crippen molar-refractivity contribution in [2.24, 2.45) is 15.7 Å². The molecule has 1 aromatic rings. The fourth-order valence-corrected chi connectivity index (χ4v) is 2.34. The van der Waals surface area contributed by atoms with Gasteiger partial charge in [0.15, 0.2) is 5.96 Å². The van der Waals surface area contributed by atoms with Crippen LogP contribution in [0.3, 0.4) is 0 Å². The third-order valence-electron chi connectivity index (χ3n) is 3.20. The van der Waals surface area contributed by atoms with Crippen molar-refractivity contribution in [1.82, 2.24) is 5.32 Å². The number of nitrogens with one attached hydrogen (secondary N) is 2. The summed E-state index contributed by atoms with van der Waals surface area (Å²) in [7, 11) is 6.08. The lowest BCUT2D eigenvalue weighted by Crippen LogP contribution is -2.29. The molecule has 0 aliphatic carbocycles. The molecular weight excluding hydrogens is 225 g/mol. The van der Waals surface area contributed by atoms with Gasteiger partial charge in [0.1, 0.15) is 13.7 Å². The molecule has 0 amide bonds. The van der Waals surface area contributed by atoms with E-state index in [-0.39, 0.29) is 0 Å². The summed E-state index contributed by atoms with van der Waals surface area (Å²) in [5.41, 5.74) is 10.4. The molecule has 90 valence electrons. The Hall–Kier alpha value is -1.98. The maximum atomic E-state index is 6.08. The van der Waals surface area contributed by atoms with Crippen LogP contribution in [0.4, 0.5) is 11.4 Å². The van der Waals surface area contributed by atoms with E-state index in [4.69, 9.17) is 13.6 Å². The van der Waals surface area contributed by atoms with E-state index in [9.17, 15) is 0 Å². The smallest absolute Gasteiger partial charge is 0.195 e. The zero-order valence-electron chi connectivity index (χ0n) is 10.2. The summed E-state index contributed by atoms with van der Waals surface area (Å²) in [5.74, 6) is 1.40. The van der Waals surface area contributed by atoms with Crippen LogP contribution in [0.5, 0.6) is 0 Å². The summed E-state index contributed by atoms with van der Waals surface area (Å²) in [6.45, 7) is 3.64. The number of hydrogen-bond acceptors (Lipinski definition) is 5. The van der Waals surface area contributed by atoms with Crippen LogP contribution in [-0.2, 0) is 6.42 Å². The van der Waals surface area contributed by atoms with Crippen LogP contribution in [0.25, 0.3) is 0 Å². The molecule has 0 saturated carbocycles. The van der Waals surface area contributed by atoms with Gasteiger partial charge in [-0.05, 0) is 18.1 Å². The van der Waals surface area contributed by atoms with Crippen molar-refractivity contribution in [1.29, 1.82) is 0 Å². The highest BCUT2D eigenvalue weighted by atomic mass is 15.2. The van der Waals surface area contributed by atoms with Crippen molar-refractivity contribution >= 4 is 36.5 Å². The molecule has 2 aliphatic rings. The Morgan fingerprint density at radius 2 is 2.33 bits per heavy atom. The van der Waals surface area contributed by atoms with Crippen molar-refractivity contribution < 1.29 is 0 Å². The molecule has 0 aromatic heterocycles. The standard InChI is InChI=1S/C12H14BN5/c1-6-10-7(5-9(14)17-10)4-8(13)11(6)18-12-15-2-3-16-12/h4H,2-3,5H2,1H3,(H2,14,17)(H2,15,16,18). The molecule has 2 heterocycles. The molecule has 4 N–H and O–H groups in total. The van der Waals surface area contributed by atoms with E-state index in [2.05, 4.69) is 20.6 Å². The largest absolute Gasteiger partial charge is 0.387 e. The summed E-state index contributed by atoms with van der Waals surface area (Å²) in [5, 5.41) is 6.38. The number of nitrogens with two attached hydrogens (primary N) is 1. The number of guanidine groups is 1. The van der Waals surface area contributed by atoms with Crippen molar-refractivity contribution in [3.05, 3.63) is 17.2 Å². The number of amidine groups is 1. The van der Waals surface area contributed by atoms with Crippen molar-refractivity contribution in [2.75, 3.05) is 18.4 Å². The average Bonchev–Trinajstić information content (AvgIpc) is 2.93. The molecule has 18 heavy (non-hydrogen) atoms. The molecule has 1 aromatic carbocycles. The van der Waals surface area contributed by atoms with E-state index in [1.165, 1.54) is 0 Å². The molecule has 6 heteroatoms. The van der Waals surface area contributed by atoms with Gasteiger partial charge in [-0.25, -0.2) is 4.99 Å². The van der Waals surface area contributed by atoms with Crippen molar-refractivity contribution in [2.45, 2.75) is 13.3 Å². The normalized spacial score (nSPS) is 16.9. The van der Waals surface area contributed by atoms with Crippen LogP contribution in [0.15, 0.2) is 16.1 Å². The van der Waals surface area contributed by atoms with Gasteiger partial charge < -0.3 is 16.4 Å². The second-order valence-electron chi connectivity index (χ2n) is 4.54. The summed E-state index contributed by atoms with van der Waals surface area (Å²) < 4.78 is 0. The number of benzene rings is 1. The molecule has 0 saturated heterocycles. The Bertz CT molecular complexity index is 576. The van der Waals surface area contributed by atoms with Crippen molar-refractivity contribution in [3.63, 3.8) is 0 Å². The zero-order valence-corrected chi connectivity index (χ0v) is 10.2. The first kappa shape index (κ1) is 11.1. The third kappa shape index (κ3) is 1.74. The molecule has 0 unspecified atom stereocenters. The first-order valence-electron chi connectivity index (χ1n) is 5.95. The summed E-state index contributed by atoms with van der Waals surface area (Å²) in [6, 6.07) is 1.93. The molecule has 5 nitrogen and oxygen atoms in total. The zero-order chi connectivity index (χ0) is 12.7. The number of rotatable bonds is 1. The quantitative estimate of drug-likeness (QED) is 0.589. The van der Waals surface area contributed by atoms with Crippen LogP contribution < -0.4 is 21.8 Å². The highest BCUT2D eigenvalue weighted by Crippen LogP contribution is 2.32. The lowest BCUT2D eigenvalue weighted by Gasteiger charge is -2.15. The van der Waals surface area contributed by atoms with Gasteiger partial charge in [-0.15, -0.1) is 0 Å². The highest BCUT2D eigenvalue weighted by Gasteiger charge is 2.19. The van der Waals surface area contributed by atoms with Gasteiger partial charge in [0, 0.05) is 18.7 Å². The van der Waals surface area contributed by atoms with Crippen LogP contribution in [0.1, 0.15) is 11.1 Å². The minimum absolute atomic E-state index is 0.640. The number of fused-ring (bicyclic) bond motifs is 1. The van der Waals surface area contributed by atoms with E-state index in [1.807, 2.05) is 13.0 Å². The average molecular weight is 239 g/mol. The summed E-state index contributed by atoms with van der Waals surface area (Å²) >= 11 is 0. The molecule has 0 fully saturated rings. The third-order valence-corrected chi connectivity index (χ3v) is 3.20. The van der Waals surface area contributed by atoms with Gasteiger partial charge in [-0.1, -0.05) is 11.5 Å². The lowest BCUT2D eigenvalue weighted by atomic mass is 9.88. The number of hydrogen-bond donors (Lipinski definition) is 3. The topological polar surface area (TPSA) is 74.8 Å². The van der Waals surface area contributed by atoms with Gasteiger partial charge >= 0.3 is 0 Å². The van der Waals surface area contributed by atoms with E-state index >= 15 is 0 Å². The molecule has 0 spiro atoms. The van der Waals surface area contributed by atoms with Crippen molar-refractivity contribution in [3.8, 4) is 0 Å². The molecule has 2 radical (unpaired) electrons. The molecule has 3 rings (SSSR count). The van der Waals surface area contributed by atoms with E-state index in [0.717, 1.165) is 41.6 Å². The first-order valence-corrected chi connectivity index (χ1v) is 5.95. The Morgan fingerprint density at radius 1 is 1.50 bits per heavy atom. The fourth-order valence-electron chi connectivity index (χ4n) is 2.34. The Labute approximate surface area is 107 Å². The van der Waals surface area contributed by atoms with Crippen LogP contribution in [0, 0.1) is 6.92 Å². The van der Waals surface area contributed by atoms with Crippen LogP contribution in [-0.4, -0.2) is 32.7 Å². The Balaban J connectivity index is 2.01. The Kier molecular flexibility index (Phi) is 2.50. The van der Waals surface area contributed by atoms with Gasteiger partial charge in [0.25, 0.3) is 0 Å². The predicted molar refractivity (Wildman–Crippen MR) is 75.5 cm³/mol. The SMILES string of the molecule is [B]c1cc2c(c(C)c1NC1=NCCN1)N=C(N)C2. The second kappa shape index (κ2) is 4.05. The van der Waals surface area contributed by atoms with Gasteiger partial charge in [-0.2, -0.15) is 0 Å². The van der Waals surface area contributed by atoms with E-state index < -0.39 is 0 Å². The number of aliphatic imine (C=N–C) groups is 2. The molecule has 0 bridgehead atoms. The molecule has 0 atom stereocenters.